The zero-order chi connectivity index (χ0) is 12.1. The summed E-state index contributed by atoms with van der Waals surface area (Å²) in [5.41, 5.74) is 1.06. The summed E-state index contributed by atoms with van der Waals surface area (Å²) in [6.45, 7) is 3.77. The SMILES string of the molecule is CCCC(=O)N1CCC(c2cnccn2)CC1. The fraction of sp³-hybridized carbons (Fsp3) is 0.615. The molecule has 1 aliphatic rings. The molecule has 0 spiro atoms. The van der Waals surface area contributed by atoms with Gasteiger partial charge in [0.15, 0.2) is 0 Å². The molecule has 1 fully saturated rings. The van der Waals surface area contributed by atoms with Gasteiger partial charge in [-0.1, -0.05) is 6.92 Å². The Hall–Kier alpha value is -1.45. The van der Waals surface area contributed by atoms with Crippen molar-refractivity contribution in [2.75, 3.05) is 13.1 Å². The topological polar surface area (TPSA) is 46.1 Å². The molecule has 4 nitrogen and oxygen atoms in total. The molecule has 0 unspecified atom stereocenters. The minimum atomic E-state index is 0.296. The van der Waals surface area contributed by atoms with Crippen molar-refractivity contribution in [3.8, 4) is 0 Å². The molecule has 1 saturated heterocycles. The number of aromatic nitrogens is 2. The second-order valence-electron chi connectivity index (χ2n) is 4.54. The van der Waals surface area contributed by atoms with Crippen molar-refractivity contribution in [1.29, 1.82) is 0 Å². The normalized spacial score (nSPS) is 17.1. The Bertz CT molecular complexity index is 358. The molecule has 0 aromatic carbocycles. The van der Waals surface area contributed by atoms with Gasteiger partial charge in [0, 0.05) is 44.0 Å². The predicted octanol–water partition coefficient (Wildman–Crippen LogP) is 1.98. The summed E-state index contributed by atoms with van der Waals surface area (Å²) in [7, 11) is 0. The maximum absolute atomic E-state index is 11.7. The minimum Gasteiger partial charge on any atom is -0.343 e. The monoisotopic (exact) mass is 233 g/mol. The molecule has 1 aliphatic heterocycles. The number of hydrogen-bond donors (Lipinski definition) is 0. The van der Waals surface area contributed by atoms with Crippen molar-refractivity contribution in [3.63, 3.8) is 0 Å². The summed E-state index contributed by atoms with van der Waals surface area (Å²) in [5, 5.41) is 0. The third-order valence-electron chi connectivity index (χ3n) is 3.31. The highest BCUT2D eigenvalue weighted by Crippen LogP contribution is 2.26. The number of rotatable bonds is 3. The molecule has 0 bridgehead atoms. The van der Waals surface area contributed by atoms with Crippen molar-refractivity contribution in [2.45, 2.75) is 38.5 Å². The third kappa shape index (κ3) is 3.02. The van der Waals surface area contributed by atoms with E-state index in [2.05, 4.69) is 9.97 Å². The summed E-state index contributed by atoms with van der Waals surface area (Å²) in [4.78, 5) is 22.2. The molecule has 1 aromatic rings. The van der Waals surface area contributed by atoms with Crippen LogP contribution in [0.25, 0.3) is 0 Å². The number of likely N-dealkylation sites (tertiary alicyclic amines) is 1. The number of piperidine rings is 1. The molecule has 0 radical (unpaired) electrons. The summed E-state index contributed by atoms with van der Waals surface area (Å²) in [5.74, 6) is 0.763. The number of amides is 1. The Balaban J connectivity index is 1.88. The van der Waals surface area contributed by atoms with Crippen LogP contribution in [0.3, 0.4) is 0 Å². The Morgan fingerprint density at radius 1 is 1.41 bits per heavy atom. The van der Waals surface area contributed by atoms with Gasteiger partial charge in [-0.25, -0.2) is 0 Å². The predicted molar refractivity (Wildman–Crippen MR) is 65.5 cm³/mol. The lowest BCUT2D eigenvalue weighted by atomic mass is 9.93. The number of nitrogens with zero attached hydrogens (tertiary/aromatic N) is 3. The summed E-state index contributed by atoms with van der Waals surface area (Å²) in [6.07, 6.45) is 8.91. The van der Waals surface area contributed by atoms with Crippen LogP contribution in [0.2, 0.25) is 0 Å². The summed E-state index contributed by atoms with van der Waals surface area (Å²) < 4.78 is 0. The number of hydrogen-bond acceptors (Lipinski definition) is 3. The largest absolute Gasteiger partial charge is 0.343 e. The summed E-state index contributed by atoms with van der Waals surface area (Å²) in [6, 6.07) is 0. The van der Waals surface area contributed by atoms with Crippen molar-refractivity contribution in [3.05, 3.63) is 24.3 Å². The lowest BCUT2D eigenvalue weighted by molar-refractivity contribution is -0.132. The van der Waals surface area contributed by atoms with Gasteiger partial charge in [0.05, 0.1) is 5.69 Å². The second kappa shape index (κ2) is 5.75. The molecule has 0 N–H and O–H groups in total. The van der Waals surface area contributed by atoms with E-state index in [0.29, 0.717) is 18.2 Å². The average Bonchev–Trinajstić information content (AvgIpc) is 2.40. The summed E-state index contributed by atoms with van der Waals surface area (Å²) >= 11 is 0. The van der Waals surface area contributed by atoms with E-state index in [9.17, 15) is 4.79 Å². The standard InChI is InChI=1S/C13H19N3O/c1-2-3-13(17)16-8-4-11(5-9-16)12-10-14-6-7-15-12/h6-7,10-11H,2-5,8-9H2,1H3. The number of carbonyl (C=O) groups is 1. The van der Waals surface area contributed by atoms with Crippen LogP contribution in [0.1, 0.15) is 44.2 Å². The van der Waals surface area contributed by atoms with Gasteiger partial charge in [-0.15, -0.1) is 0 Å². The van der Waals surface area contributed by atoms with Crippen molar-refractivity contribution >= 4 is 5.91 Å². The zero-order valence-electron chi connectivity index (χ0n) is 10.3. The fourth-order valence-electron chi connectivity index (χ4n) is 2.32. The van der Waals surface area contributed by atoms with Gasteiger partial charge in [-0.05, 0) is 19.3 Å². The molecular formula is C13H19N3O. The van der Waals surface area contributed by atoms with Gasteiger partial charge in [0.1, 0.15) is 0 Å². The first-order valence-corrected chi connectivity index (χ1v) is 6.35. The van der Waals surface area contributed by atoms with E-state index in [-0.39, 0.29) is 0 Å². The molecule has 0 aliphatic carbocycles. The van der Waals surface area contributed by atoms with E-state index < -0.39 is 0 Å². The van der Waals surface area contributed by atoms with Crippen LogP contribution >= 0.6 is 0 Å². The Morgan fingerprint density at radius 3 is 2.76 bits per heavy atom. The van der Waals surface area contributed by atoms with Gasteiger partial charge in [-0.2, -0.15) is 0 Å². The molecule has 0 atom stereocenters. The highest BCUT2D eigenvalue weighted by Gasteiger charge is 2.23. The van der Waals surface area contributed by atoms with Gasteiger partial charge < -0.3 is 4.90 Å². The molecule has 2 rings (SSSR count). The zero-order valence-corrected chi connectivity index (χ0v) is 10.3. The molecular weight excluding hydrogens is 214 g/mol. The first-order valence-electron chi connectivity index (χ1n) is 6.35. The van der Waals surface area contributed by atoms with Crippen LogP contribution in [-0.4, -0.2) is 33.9 Å². The van der Waals surface area contributed by atoms with E-state index in [1.807, 2.05) is 18.0 Å². The molecule has 2 heterocycles. The van der Waals surface area contributed by atoms with E-state index in [1.54, 1.807) is 12.4 Å². The lowest BCUT2D eigenvalue weighted by Gasteiger charge is -2.31. The van der Waals surface area contributed by atoms with Crippen LogP contribution in [-0.2, 0) is 4.79 Å². The van der Waals surface area contributed by atoms with Crippen molar-refractivity contribution in [1.82, 2.24) is 14.9 Å². The molecule has 0 saturated carbocycles. The first kappa shape index (κ1) is 12.0. The van der Waals surface area contributed by atoms with Crippen LogP contribution in [0, 0.1) is 0 Å². The second-order valence-corrected chi connectivity index (χ2v) is 4.54. The van der Waals surface area contributed by atoms with Crippen molar-refractivity contribution < 1.29 is 4.79 Å². The van der Waals surface area contributed by atoms with Crippen LogP contribution in [0.5, 0.6) is 0 Å². The third-order valence-corrected chi connectivity index (χ3v) is 3.31. The highest BCUT2D eigenvalue weighted by molar-refractivity contribution is 5.76. The Labute approximate surface area is 102 Å². The van der Waals surface area contributed by atoms with E-state index in [1.165, 1.54) is 0 Å². The quantitative estimate of drug-likeness (QED) is 0.802. The van der Waals surface area contributed by atoms with Gasteiger partial charge >= 0.3 is 0 Å². The molecule has 17 heavy (non-hydrogen) atoms. The van der Waals surface area contributed by atoms with Gasteiger partial charge in [-0.3, -0.25) is 14.8 Å². The Morgan fingerprint density at radius 2 is 2.18 bits per heavy atom. The number of carbonyl (C=O) groups excluding carboxylic acids is 1. The van der Waals surface area contributed by atoms with E-state index >= 15 is 0 Å². The van der Waals surface area contributed by atoms with Crippen LogP contribution < -0.4 is 0 Å². The average molecular weight is 233 g/mol. The maximum atomic E-state index is 11.7. The maximum Gasteiger partial charge on any atom is 0.222 e. The first-order chi connectivity index (χ1) is 8.31. The minimum absolute atomic E-state index is 0.296. The molecule has 4 heteroatoms. The van der Waals surface area contributed by atoms with Gasteiger partial charge in [0.25, 0.3) is 0 Å². The van der Waals surface area contributed by atoms with E-state index in [4.69, 9.17) is 0 Å². The Kier molecular flexibility index (Phi) is 4.07. The van der Waals surface area contributed by atoms with Crippen LogP contribution in [0.15, 0.2) is 18.6 Å². The molecule has 92 valence electrons. The highest BCUT2D eigenvalue weighted by atomic mass is 16.2. The smallest absolute Gasteiger partial charge is 0.222 e. The van der Waals surface area contributed by atoms with Gasteiger partial charge in [0.2, 0.25) is 5.91 Å². The molecule has 1 aromatic heterocycles. The lowest BCUT2D eigenvalue weighted by Crippen LogP contribution is -2.37. The van der Waals surface area contributed by atoms with Crippen LogP contribution in [0.4, 0.5) is 0 Å². The molecule has 1 amide bonds. The van der Waals surface area contributed by atoms with E-state index in [0.717, 1.165) is 38.0 Å². The van der Waals surface area contributed by atoms with Crippen molar-refractivity contribution in [2.24, 2.45) is 0 Å². The fourth-order valence-corrected chi connectivity index (χ4v) is 2.32.